The second-order valence-corrected chi connectivity index (χ2v) is 8.69. The zero-order valence-electron chi connectivity index (χ0n) is 17.2. The number of hydrogen-bond donors (Lipinski definition) is 0. The van der Waals surface area contributed by atoms with Gasteiger partial charge in [0.05, 0.1) is 6.26 Å². The summed E-state index contributed by atoms with van der Waals surface area (Å²) in [6.07, 6.45) is 9.35. The first-order chi connectivity index (χ1) is 14.2. The highest BCUT2D eigenvalue weighted by molar-refractivity contribution is 6.10. The molecule has 29 heavy (non-hydrogen) atoms. The van der Waals surface area contributed by atoms with E-state index in [9.17, 15) is 4.79 Å². The number of piperidine rings is 2. The Hall–Kier alpha value is -2.39. The highest BCUT2D eigenvalue weighted by Crippen LogP contribution is 2.39. The third kappa shape index (κ3) is 3.53. The molecule has 2 aliphatic rings. The van der Waals surface area contributed by atoms with Gasteiger partial charge in [0.1, 0.15) is 5.58 Å². The van der Waals surface area contributed by atoms with Crippen molar-refractivity contribution in [1.29, 1.82) is 0 Å². The summed E-state index contributed by atoms with van der Waals surface area (Å²) in [7, 11) is 0. The molecule has 0 bridgehead atoms. The largest absolute Gasteiger partial charge is 0.464 e. The third-order valence-electron chi connectivity index (χ3n) is 7.00. The topological polar surface area (TPSA) is 33.5 Å². The number of carbonyl (C=O) groups excluding carboxylic acids is 1. The van der Waals surface area contributed by atoms with Crippen molar-refractivity contribution in [3.8, 4) is 0 Å². The summed E-state index contributed by atoms with van der Waals surface area (Å²) in [5.41, 5.74) is 4.94. The van der Waals surface area contributed by atoms with Crippen LogP contribution in [0.1, 0.15) is 72.0 Å². The molecule has 0 saturated carbocycles. The molecule has 0 radical (unpaired) electrons. The SMILES string of the molecule is CCc1ccc(C(=O)c2ccc3occ(C4CCN5CCCCC5C4)c3c2)cc1. The number of aryl methyl sites for hydroxylation is 1. The summed E-state index contributed by atoms with van der Waals surface area (Å²) in [6, 6.07) is 14.6. The number of furan rings is 1. The first-order valence-electron chi connectivity index (χ1n) is 11.1. The van der Waals surface area contributed by atoms with Crippen LogP contribution in [-0.4, -0.2) is 29.8 Å². The molecule has 3 heteroatoms. The van der Waals surface area contributed by atoms with Crippen LogP contribution in [0.4, 0.5) is 0 Å². The first kappa shape index (κ1) is 18.6. The standard InChI is InChI=1S/C26H29NO2/c1-2-18-6-8-19(9-7-18)26(28)21-10-11-25-23(16-21)24(17-29-25)20-12-14-27-13-4-3-5-22(27)15-20/h6-11,16-17,20,22H,2-5,12-15H2,1H3. The van der Waals surface area contributed by atoms with Crippen molar-refractivity contribution in [2.45, 2.75) is 57.4 Å². The van der Waals surface area contributed by atoms with E-state index >= 15 is 0 Å². The summed E-state index contributed by atoms with van der Waals surface area (Å²) in [6.45, 7) is 4.58. The van der Waals surface area contributed by atoms with Gasteiger partial charge in [-0.15, -0.1) is 0 Å². The fourth-order valence-corrected chi connectivity index (χ4v) is 5.24. The average molecular weight is 388 g/mol. The molecule has 3 heterocycles. The Morgan fingerprint density at radius 1 is 1.03 bits per heavy atom. The van der Waals surface area contributed by atoms with Gasteiger partial charge < -0.3 is 9.32 Å². The molecule has 2 fully saturated rings. The zero-order valence-corrected chi connectivity index (χ0v) is 17.2. The number of ketones is 1. The molecule has 0 aliphatic carbocycles. The lowest BCUT2D eigenvalue weighted by Crippen LogP contribution is -2.44. The third-order valence-corrected chi connectivity index (χ3v) is 7.00. The van der Waals surface area contributed by atoms with Crippen LogP contribution in [0, 0.1) is 0 Å². The Balaban J connectivity index is 1.43. The molecule has 150 valence electrons. The minimum absolute atomic E-state index is 0.0869. The highest BCUT2D eigenvalue weighted by Gasteiger charge is 2.32. The van der Waals surface area contributed by atoms with Crippen molar-refractivity contribution < 1.29 is 9.21 Å². The Morgan fingerprint density at radius 2 is 1.86 bits per heavy atom. The summed E-state index contributed by atoms with van der Waals surface area (Å²) in [5.74, 6) is 0.619. The van der Waals surface area contributed by atoms with Crippen molar-refractivity contribution >= 4 is 16.8 Å². The van der Waals surface area contributed by atoms with Crippen LogP contribution in [0.15, 0.2) is 53.1 Å². The zero-order chi connectivity index (χ0) is 19.8. The monoisotopic (exact) mass is 387 g/mol. The summed E-state index contributed by atoms with van der Waals surface area (Å²) in [4.78, 5) is 15.7. The van der Waals surface area contributed by atoms with Crippen LogP contribution in [0.25, 0.3) is 11.0 Å². The number of fused-ring (bicyclic) bond motifs is 2. The Kier molecular flexibility index (Phi) is 5.01. The molecule has 2 saturated heterocycles. The predicted octanol–water partition coefficient (Wildman–Crippen LogP) is 5.96. The van der Waals surface area contributed by atoms with E-state index in [1.165, 1.54) is 56.3 Å². The van der Waals surface area contributed by atoms with Crippen LogP contribution >= 0.6 is 0 Å². The molecular formula is C26H29NO2. The molecule has 2 atom stereocenters. The van der Waals surface area contributed by atoms with Gasteiger partial charge in [0.2, 0.25) is 0 Å². The molecule has 1 aromatic heterocycles. The molecule has 2 unspecified atom stereocenters. The van der Waals surface area contributed by atoms with Crippen molar-refractivity contribution in [3.05, 3.63) is 71.0 Å². The quantitative estimate of drug-likeness (QED) is 0.518. The van der Waals surface area contributed by atoms with Gasteiger partial charge in [-0.3, -0.25) is 4.79 Å². The number of hydrogen-bond acceptors (Lipinski definition) is 3. The Morgan fingerprint density at radius 3 is 2.69 bits per heavy atom. The van der Waals surface area contributed by atoms with Crippen LogP contribution in [0.5, 0.6) is 0 Å². The van der Waals surface area contributed by atoms with Gasteiger partial charge in [0.25, 0.3) is 0 Å². The smallest absolute Gasteiger partial charge is 0.193 e. The molecular weight excluding hydrogens is 358 g/mol. The molecule has 3 aromatic rings. The number of benzene rings is 2. The van der Waals surface area contributed by atoms with E-state index in [1.54, 1.807) is 0 Å². The molecule has 0 spiro atoms. The predicted molar refractivity (Wildman–Crippen MR) is 117 cm³/mol. The minimum Gasteiger partial charge on any atom is -0.464 e. The number of carbonyl (C=O) groups is 1. The molecule has 5 rings (SSSR count). The van der Waals surface area contributed by atoms with E-state index in [0.29, 0.717) is 12.0 Å². The normalized spacial score (nSPS) is 22.5. The molecule has 2 aromatic carbocycles. The summed E-state index contributed by atoms with van der Waals surface area (Å²) >= 11 is 0. The van der Waals surface area contributed by atoms with Crippen LogP contribution in [0.2, 0.25) is 0 Å². The maximum atomic E-state index is 13.0. The number of rotatable bonds is 4. The minimum atomic E-state index is 0.0869. The van der Waals surface area contributed by atoms with Crippen LogP contribution in [-0.2, 0) is 6.42 Å². The van der Waals surface area contributed by atoms with Crippen molar-refractivity contribution in [2.24, 2.45) is 0 Å². The average Bonchev–Trinajstić information content (AvgIpc) is 3.21. The summed E-state index contributed by atoms with van der Waals surface area (Å²) < 4.78 is 5.88. The van der Waals surface area contributed by atoms with Crippen LogP contribution in [0.3, 0.4) is 0 Å². The Labute approximate surface area is 172 Å². The van der Waals surface area contributed by atoms with E-state index in [0.717, 1.165) is 28.5 Å². The van der Waals surface area contributed by atoms with E-state index < -0.39 is 0 Å². The molecule has 3 nitrogen and oxygen atoms in total. The van der Waals surface area contributed by atoms with Gasteiger partial charge in [-0.2, -0.15) is 0 Å². The van der Waals surface area contributed by atoms with E-state index in [2.05, 4.69) is 17.9 Å². The maximum absolute atomic E-state index is 13.0. The number of nitrogens with zero attached hydrogens (tertiary/aromatic N) is 1. The van der Waals surface area contributed by atoms with Gasteiger partial charge >= 0.3 is 0 Å². The molecule has 0 N–H and O–H groups in total. The van der Waals surface area contributed by atoms with Crippen molar-refractivity contribution in [1.82, 2.24) is 4.90 Å². The highest BCUT2D eigenvalue weighted by atomic mass is 16.3. The fraction of sp³-hybridized carbons (Fsp3) is 0.423. The Bertz CT molecular complexity index is 1020. The van der Waals surface area contributed by atoms with Gasteiger partial charge in [0, 0.05) is 28.1 Å². The van der Waals surface area contributed by atoms with E-state index in [4.69, 9.17) is 4.42 Å². The summed E-state index contributed by atoms with van der Waals surface area (Å²) in [5, 5.41) is 1.12. The van der Waals surface area contributed by atoms with Gasteiger partial charge in [0.15, 0.2) is 5.78 Å². The van der Waals surface area contributed by atoms with Crippen LogP contribution < -0.4 is 0 Å². The maximum Gasteiger partial charge on any atom is 0.193 e. The second kappa shape index (κ2) is 7.79. The lowest BCUT2D eigenvalue weighted by Gasteiger charge is -2.42. The molecule has 0 amide bonds. The van der Waals surface area contributed by atoms with Gasteiger partial charge in [-0.05, 0) is 74.9 Å². The van der Waals surface area contributed by atoms with E-state index in [1.807, 2.05) is 42.7 Å². The van der Waals surface area contributed by atoms with Gasteiger partial charge in [-0.1, -0.05) is 37.6 Å². The van der Waals surface area contributed by atoms with E-state index in [-0.39, 0.29) is 5.78 Å². The first-order valence-corrected chi connectivity index (χ1v) is 11.1. The molecule has 2 aliphatic heterocycles. The lowest BCUT2D eigenvalue weighted by molar-refractivity contribution is 0.0975. The lowest BCUT2D eigenvalue weighted by atomic mass is 9.82. The van der Waals surface area contributed by atoms with Crippen molar-refractivity contribution in [3.63, 3.8) is 0 Å². The fourth-order valence-electron chi connectivity index (χ4n) is 5.24. The second-order valence-electron chi connectivity index (χ2n) is 8.69. The van der Waals surface area contributed by atoms with Gasteiger partial charge in [-0.25, -0.2) is 0 Å². The van der Waals surface area contributed by atoms with Crippen molar-refractivity contribution in [2.75, 3.05) is 13.1 Å².